The van der Waals surface area contributed by atoms with Crippen LogP contribution in [0.3, 0.4) is 0 Å². The molecule has 0 bridgehead atoms. The molecule has 2 aromatic carbocycles. The number of fused-ring (bicyclic) bond motifs is 1. The molecule has 0 amide bonds. The molecule has 0 aliphatic heterocycles. The van der Waals surface area contributed by atoms with Crippen molar-refractivity contribution in [3.8, 4) is 11.1 Å². The Labute approximate surface area is 216 Å². The molecule has 1 aliphatic rings. The average Bonchev–Trinajstić information content (AvgIpc) is 3.57. The zero-order valence-electron chi connectivity index (χ0n) is 19.5. The van der Waals surface area contributed by atoms with Crippen LogP contribution in [0.1, 0.15) is 34.3 Å². The van der Waals surface area contributed by atoms with Gasteiger partial charge in [0.15, 0.2) is 0 Å². The summed E-state index contributed by atoms with van der Waals surface area (Å²) in [6.07, 6.45) is -0.797. The summed E-state index contributed by atoms with van der Waals surface area (Å²) in [5, 5.41) is 8.20. The largest absolute Gasteiger partial charge is 0.416 e. The highest BCUT2D eigenvalue weighted by Crippen LogP contribution is 2.39. The van der Waals surface area contributed by atoms with Gasteiger partial charge < -0.3 is 10.3 Å². The first-order valence-electron chi connectivity index (χ1n) is 11.3. The third-order valence-corrected chi connectivity index (χ3v) is 7.18. The van der Waals surface area contributed by atoms with Crippen molar-refractivity contribution >= 4 is 32.7 Å². The predicted molar refractivity (Wildman–Crippen MR) is 127 cm³/mol. The molecule has 0 spiro atoms. The van der Waals surface area contributed by atoms with Gasteiger partial charge in [-0.05, 0) is 43.0 Å². The third-order valence-electron chi connectivity index (χ3n) is 6.24. The number of carbonyl (C=O) groups excluding carboxylic acids is 1. The number of alkyl halides is 3. The second-order valence-electron chi connectivity index (χ2n) is 8.96. The zero-order valence-corrected chi connectivity index (χ0v) is 20.4. The van der Waals surface area contributed by atoms with E-state index in [9.17, 15) is 35.2 Å². The normalized spacial score (nSPS) is 14.1. The standard InChI is InChI=1S/C24H17F6N5O3S/c25-14-4-3-12(17-15(26)5-11(24(28,29)30)6-16(17)39(31,37)38)20(27)19(14)21(36)13-8-33-23-18(13)22(34-9-35-23)32-7-10-1-2-10/h3-6,8-10H,1-2,7H2,(H2,31,37,38)(H2,32,33,34,35). The van der Waals surface area contributed by atoms with Crippen molar-refractivity contribution in [1.82, 2.24) is 15.0 Å². The Bertz CT molecular complexity index is 1750. The van der Waals surface area contributed by atoms with Gasteiger partial charge in [0, 0.05) is 23.9 Å². The minimum Gasteiger partial charge on any atom is -0.369 e. The van der Waals surface area contributed by atoms with E-state index in [1.54, 1.807) is 0 Å². The number of benzene rings is 2. The number of aromatic amines is 1. The number of aromatic nitrogens is 3. The van der Waals surface area contributed by atoms with Crippen LogP contribution in [0, 0.1) is 23.4 Å². The maximum atomic E-state index is 15.8. The molecule has 1 aliphatic carbocycles. The number of primary sulfonamides is 1. The topological polar surface area (TPSA) is 131 Å². The fourth-order valence-corrected chi connectivity index (χ4v) is 4.94. The Kier molecular flexibility index (Phi) is 6.37. The monoisotopic (exact) mass is 569 g/mol. The lowest BCUT2D eigenvalue weighted by Crippen LogP contribution is -2.17. The molecule has 5 rings (SSSR count). The van der Waals surface area contributed by atoms with E-state index in [1.807, 2.05) is 0 Å². The van der Waals surface area contributed by atoms with Crippen molar-refractivity contribution < 1.29 is 39.6 Å². The molecule has 0 unspecified atom stereocenters. The summed E-state index contributed by atoms with van der Waals surface area (Å²) in [6.45, 7) is 0.534. The van der Waals surface area contributed by atoms with E-state index < -0.39 is 66.6 Å². The quantitative estimate of drug-likeness (QED) is 0.217. The molecule has 39 heavy (non-hydrogen) atoms. The molecule has 0 atom stereocenters. The Morgan fingerprint density at radius 1 is 1.10 bits per heavy atom. The number of hydrogen-bond acceptors (Lipinski definition) is 6. The Morgan fingerprint density at radius 2 is 1.82 bits per heavy atom. The van der Waals surface area contributed by atoms with Crippen LogP contribution < -0.4 is 10.5 Å². The number of hydrogen-bond donors (Lipinski definition) is 3. The van der Waals surface area contributed by atoms with Gasteiger partial charge in [0.2, 0.25) is 15.8 Å². The van der Waals surface area contributed by atoms with Crippen LogP contribution in [-0.2, 0) is 16.2 Å². The van der Waals surface area contributed by atoms with Gasteiger partial charge in [0.25, 0.3) is 0 Å². The van der Waals surface area contributed by atoms with Crippen molar-refractivity contribution in [3.05, 3.63) is 70.9 Å². The van der Waals surface area contributed by atoms with Crippen LogP contribution in [0.5, 0.6) is 0 Å². The van der Waals surface area contributed by atoms with E-state index in [0.29, 0.717) is 24.6 Å². The molecule has 2 aromatic heterocycles. The number of carbonyl (C=O) groups is 1. The van der Waals surface area contributed by atoms with Gasteiger partial charge in [-0.2, -0.15) is 13.2 Å². The number of rotatable bonds is 7. The van der Waals surface area contributed by atoms with Gasteiger partial charge in [0.05, 0.1) is 27.0 Å². The first-order chi connectivity index (χ1) is 18.3. The fraction of sp³-hybridized carbons (Fsp3) is 0.208. The number of H-pyrrole nitrogens is 1. The van der Waals surface area contributed by atoms with Crippen LogP contribution in [0.4, 0.5) is 32.2 Å². The van der Waals surface area contributed by atoms with Gasteiger partial charge in [-0.1, -0.05) is 0 Å². The Morgan fingerprint density at radius 3 is 2.46 bits per heavy atom. The second kappa shape index (κ2) is 9.34. The van der Waals surface area contributed by atoms with E-state index >= 15 is 4.39 Å². The number of nitrogens with one attached hydrogen (secondary N) is 2. The summed E-state index contributed by atoms with van der Waals surface area (Å²) in [7, 11) is -5.05. The number of sulfonamides is 1. The molecule has 1 fully saturated rings. The summed E-state index contributed by atoms with van der Waals surface area (Å²) < 4.78 is 109. The van der Waals surface area contributed by atoms with Crippen LogP contribution in [0.25, 0.3) is 22.2 Å². The smallest absolute Gasteiger partial charge is 0.369 e. The highest BCUT2D eigenvalue weighted by molar-refractivity contribution is 7.89. The summed E-state index contributed by atoms with van der Waals surface area (Å²) >= 11 is 0. The number of halogens is 6. The lowest BCUT2D eigenvalue weighted by atomic mass is 9.95. The maximum absolute atomic E-state index is 15.8. The van der Waals surface area contributed by atoms with E-state index in [4.69, 9.17) is 5.14 Å². The first kappa shape index (κ1) is 26.6. The number of anilines is 1. The molecule has 0 saturated heterocycles. The molecule has 0 radical (unpaired) electrons. The van der Waals surface area contributed by atoms with Crippen molar-refractivity contribution in [2.75, 3.05) is 11.9 Å². The summed E-state index contributed by atoms with van der Waals surface area (Å²) in [4.78, 5) is 22.8. The lowest BCUT2D eigenvalue weighted by molar-refractivity contribution is -0.137. The Hall–Kier alpha value is -3.98. The van der Waals surface area contributed by atoms with Crippen molar-refractivity contribution in [2.24, 2.45) is 11.1 Å². The van der Waals surface area contributed by atoms with Crippen LogP contribution in [-0.4, -0.2) is 35.7 Å². The molecular formula is C24H17F6N5O3S. The first-order valence-corrected chi connectivity index (χ1v) is 12.8. The average molecular weight is 569 g/mol. The number of nitrogens with two attached hydrogens (primary N) is 1. The SMILES string of the molecule is NS(=O)(=O)c1cc(C(F)(F)F)cc(F)c1-c1ccc(F)c(C(=O)c2c[nH]c3ncnc(NCC4CC4)c23)c1F. The van der Waals surface area contributed by atoms with E-state index in [2.05, 4.69) is 20.3 Å². The van der Waals surface area contributed by atoms with Gasteiger partial charge in [-0.25, -0.2) is 36.7 Å². The molecule has 204 valence electrons. The third kappa shape index (κ3) is 4.94. The lowest BCUT2D eigenvalue weighted by Gasteiger charge is -2.16. The van der Waals surface area contributed by atoms with Crippen LogP contribution in [0.15, 0.2) is 41.7 Å². The molecule has 4 aromatic rings. The second-order valence-corrected chi connectivity index (χ2v) is 10.5. The van der Waals surface area contributed by atoms with Crippen LogP contribution in [0.2, 0.25) is 0 Å². The molecule has 4 N–H and O–H groups in total. The van der Waals surface area contributed by atoms with E-state index in [-0.39, 0.29) is 34.5 Å². The molecule has 1 saturated carbocycles. The predicted octanol–water partition coefficient (Wildman–Crippen LogP) is 4.76. The summed E-state index contributed by atoms with van der Waals surface area (Å²) in [5.74, 6) is -5.49. The minimum atomic E-state index is -5.16. The molecule has 15 heteroatoms. The summed E-state index contributed by atoms with van der Waals surface area (Å²) in [5.41, 5.74) is -5.15. The Balaban J connectivity index is 1.68. The number of nitrogens with zero attached hydrogens (tertiary/aromatic N) is 2. The van der Waals surface area contributed by atoms with Crippen LogP contribution >= 0.6 is 0 Å². The molecule has 2 heterocycles. The van der Waals surface area contributed by atoms with Crippen molar-refractivity contribution in [2.45, 2.75) is 23.9 Å². The van der Waals surface area contributed by atoms with Gasteiger partial charge in [0.1, 0.15) is 35.2 Å². The van der Waals surface area contributed by atoms with E-state index in [0.717, 1.165) is 19.0 Å². The summed E-state index contributed by atoms with van der Waals surface area (Å²) in [6, 6.07) is 1.14. The van der Waals surface area contributed by atoms with Crippen molar-refractivity contribution in [3.63, 3.8) is 0 Å². The maximum Gasteiger partial charge on any atom is 0.416 e. The fourth-order valence-electron chi connectivity index (χ4n) is 4.16. The zero-order chi connectivity index (χ0) is 28.3. The van der Waals surface area contributed by atoms with Gasteiger partial charge in [-0.15, -0.1) is 0 Å². The number of ketones is 1. The molecular weight excluding hydrogens is 552 g/mol. The van der Waals surface area contributed by atoms with Gasteiger partial charge in [-0.3, -0.25) is 4.79 Å². The highest BCUT2D eigenvalue weighted by atomic mass is 32.2. The van der Waals surface area contributed by atoms with Crippen molar-refractivity contribution in [1.29, 1.82) is 0 Å². The van der Waals surface area contributed by atoms with E-state index in [1.165, 1.54) is 6.33 Å². The minimum absolute atomic E-state index is 0.0346. The highest BCUT2D eigenvalue weighted by Gasteiger charge is 2.36. The van der Waals surface area contributed by atoms with Gasteiger partial charge >= 0.3 is 6.18 Å². The molecule has 8 nitrogen and oxygen atoms in total.